The molecule has 2 atom stereocenters. The van der Waals surface area contributed by atoms with Crippen LogP contribution in [0.4, 0.5) is 13.2 Å². The fraction of sp³-hybridized carbons (Fsp3) is 0.571. The number of hydrogen-bond acceptors (Lipinski definition) is 3. The molecule has 22 heavy (non-hydrogen) atoms. The highest BCUT2D eigenvalue weighted by molar-refractivity contribution is 9.10. The number of nitrogens with zero attached hydrogens (tertiary/aromatic N) is 1. The number of rotatable bonds is 4. The van der Waals surface area contributed by atoms with E-state index in [9.17, 15) is 18.0 Å². The molecule has 1 heterocycles. The monoisotopic (exact) mass is 380 g/mol. The molecule has 0 aromatic carbocycles. The average molecular weight is 381 g/mol. The quantitative estimate of drug-likeness (QED) is 0.869. The van der Waals surface area contributed by atoms with Gasteiger partial charge in [0.2, 0.25) is 0 Å². The predicted octanol–water partition coefficient (Wildman–Crippen LogP) is 3.46. The van der Waals surface area contributed by atoms with Crippen LogP contribution in [0.3, 0.4) is 0 Å². The Morgan fingerprint density at radius 3 is 2.86 bits per heavy atom. The molecule has 1 aromatic heterocycles. The lowest BCUT2D eigenvalue weighted by atomic mass is 9.92. The van der Waals surface area contributed by atoms with E-state index in [1.165, 1.54) is 6.20 Å². The van der Waals surface area contributed by atoms with Crippen molar-refractivity contribution in [1.29, 1.82) is 0 Å². The molecule has 0 bridgehead atoms. The molecule has 1 fully saturated rings. The molecule has 0 saturated heterocycles. The molecule has 0 aliphatic heterocycles. The highest BCUT2D eigenvalue weighted by Crippen LogP contribution is 2.24. The van der Waals surface area contributed by atoms with E-state index in [-0.39, 0.29) is 11.9 Å². The second kappa shape index (κ2) is 7.41. The summed E-state index contributed by atoms with van der Waals surface area (Å²) in [5.74, 6) is -0.282. The van der Waals surface area contributed by atoms with E-state index in [1.807, 2.05) is 0 Å². The zero-order valence-electron chi connectivity index (χ0n) is 11.7. The molecule has 8 heteroatoms. The Bertz CT molecular complexity index is 525. The summed E-state index contributed by atoms with van der Waals surface area (Å²) in [6.07, 6.45) is 0.658. The number of pyridine rings is 1. The number of nitrogens with one attached hydrogen (secondary N) is 1. The molecular weight excluding hydrogens is 365 g/mol. The Morgan fingerprint density at radius 1 is 1.41 bits per heavy atom. The van der Waals surface area contributed by atoms with E-state index in [0.29, 0.717) is 22.9 Å². The number of carbonyl (C=O) groups excluding carboxylic acids is 1. The number of ether oxygens (including phenoxy) is 1. The smallest absolute Gasteiger partial charge is 0.369 e. The van der Waals surface area contributed by atoms with E-state index in [4.69, 9.17) is 4.74 Å². The molecule has 2 rings (SSSR count). The van der Waals surface area contributed by atoms with Crippen LogP contribution in [-0.4, -0.2) is 35.8 Å². The van der Waals surface area contributed by atoms with E-state index in [2.05, 4.69) is 26.2 Å². The van der Waals surface area contributed by atoms with Gasteiger partial charge in [-0.05, 0) is 47.7 Å². The highest BCUT2D eigenvalue weighted by atomic mass is 79.9. The minimum Gasteiger partial charge on any atom is -0.369 e. The summed E-state index contributed by atoms with van der Waals surface area (Å²) in [5, 5.41) is 2.83. The maximum atomic E-state index is 12.2. The molecule has 1 aliphatic carbocycles. The summed E-state index contributed by atoms with van der Waals surface area (Å²) in [6, 6.07) is 1.46. The van der Waals surface area contributed by atoms with Gasteiger partial charge in [-0.25, -0.2) is 0 Å². The third-order valence-electron chi connectivity index (χ3n) is 3.41. The molecular formula is C14H16BrF3N2O2. The van der Waals surface area contributed by atoms with Crippen LogP contribution in [0.15, 0.2) is 22.9 Å². The van der Waals surface area contributed by atoms with Crippen LogP contribution in [0.1, 0.15) is 36.0 Å². The van der Waals surface area contributed by atoms with Crippen molar-refractivity contribution in [3.8, 4) is 0 Å². The summed E-state index contributed by atoms with van der Waals surface area (Å²) in [4.78, 5) is 16.0. The second-order valence-electron chi connectivity index (χ2n) is 5.28. The van der Waals surface area contributed by atoms with Gasteiger partial charge in [0.25, 0.3) is 5.91 Å². The van der Waals surface area contributed by atoms with Crippen LogP contribution in [0.5, 0.6) is 0 Å². The third kappa shape index (κ3) is 5.57. The first kappa shape index (κ1) is 17.2. The third-order valence-corrected chi connectivity index (χ3v) is 3.84. The van der Waals surface area contributed by atoms with Crippen LogP contribution in [0.2, 0.25) is 0 Å². The Kier molecular flexibility index (Phi) is 5.80. The van der Waals surface area contributed by atoms with Gasteiger partial charge in [0.1, 0.15) is 6.61 Å². The first-order chi connectivity index (χ1) is 10.3. The van der Waals surface area contributed by atoms with Gasteiger partial charge >= 0.3 is 6.18 Å². The number of carbonyl (C=O) groups is 1. The summed E-state index contributed by atoms with van der Waals surface area (Å²) in [5.41, 5.74) is 0.410. The van der Waals surface area contributed by atoms with Crippen LogP contribution in [0, 0.1) is 0 Å². The van der Waals surface area contributed by atoms with E-state index < -0.39 is 18.9 Å². The molecule has 0 spiro atoms. The lowest BCUT2D eigenvalue weighted by Crippen LogP contribution is -2.41. The SMILES string of the molecule is O=C(N[C@H]1CCC[C@H](OCC(F)(F)F)C1)c1cncc(Br)c1. The van der Waals surface area contributed by atoms with Gasteiger partial charge in [-0.3, -0.25) is 9.78 Å². The molecule has 1 saturated carbocycles. The number of alkyl halides is 3. The van der Waals surface area contributed by atoms with Gasteiger partial charge in [-0.1, -0.05) is 0 Å². The van der Waals surface area contributed by atoms with Crippen molar-refractivity contribution in [2.45, 2.75) is 44.0 Å². The Hall–Kier alpha value is -1.15. The standard InChI is InChI=1S/C14H16BrF3N2O2/c15-10-4-9(6-19-7-10)13(21)20-11-2-1-3-12(5-11)22-8-14(16,17)18/h4,6-7,11-12H,1-3,5,8H2,(H,20,21)/t11-,12-/m0/s1. The van der Waals surface area contributed by atoms with Crippen molar-refractivity contribution < 1.29 is 22.7 Å². The van der Waals surface area contributed by atoms with Crippen LogP contribution in [-0.2, 0) is 4.74 Å². The fourth-order valence-electron chi connectivity index (χ4n) is 2.44. The van der Waals surface area contributed by atoms with Gasteiger partial charge in [0, 0.05) is 22.9 Å². The van der Waals surface area contributed by atoms with Crippen molar-refractivity contribution in [3.63, 3.8) is 0 Å². The first-order valence-electron chi connectivity index (χ1n) is 6.93. The summed E-state index contributed by atoms with van der Waals surface area (Å²) < 4.78 is 42.1. The average Bonchev–Trinajstić information content (AvgIpc) is 2.45. The first-order valence-corrected chi connectivity index (χ1v) is 7.72. The summed E-state index contributed by atoms with van der Waals surface area (Å²) >= 11 is 3.24. The molecule has 122 valence electrons. The van der Waals surface area contributed by atoms with E-state index in [0.717, 1.165) is 12.8 Å². The molecule has 1 aromatic rings. The lowest BCUT2D eigenvalue weighted by Gasteiger charge is -2.30. The number of halogens is 4. The van der Waals surface area contributed by atoms with Crippen molar-refractivity contribution in [2.24, 2.45) is 0 Å². The normalized spacial score (nSPS) is 22.4. The highest BCUT2D eigenvalue weighted by Gasteiger charge is 2.31. The Balaban J connectivity index is 1.86. The molecule has 0 radical (unpaired) electrons. The van der Waals surface area contributed by atoms with Gasteiger partial charge in [0.15, 0.2) is 0 Å². The van der Waals surface area contributed by atoms with Crippen LogP contribution in [0.25, 0.3) is 0 Å². The van der Waals surface area contributed by atoms with Crippen LogP contribution < -0.4 is 5.32 Å². The minimum absolute atomic E-state index is 0.182. The fourth-order valence-corrected chi connectivity index (χ4v) is 2.81. The Labute approximate surface area is 134 Å². The molecule has 1 amide bonds. The second-order valence-corrected chi connectivity index (χ2v) is 6.19. The topological polar surface area (TPSA) is 51.2 Å². The number of hydrogen-bond donors (Lipinski definition) is 1. The van der Waals surface area contributed by atoms with Gasteiger partial charge in [-0.2, -0.15) is 13.2 Å². The zero-order valence-corrected chi connectivity index (χ0v) is 13.3. The summed E-state index contributed by atoms with van der Waals surface area (Å²) in [7, 11) is 0. The largest absolute Gasteiger partial charge is 0.411 e. The van der Waals surface area contributed by atoms with Crippen molar-refractivity contribution >= 4 is 21.8 Å². The van der Waals surface area contributed by atoms with Crippen molar-refractivity contribution in [1.82, 2.24) is 10.3 Å². The predicted molar refractivity (Wildman–Crippen MR) is 77.5 cm³/mol. The molecule has 4 nitrogen and oxygen atoms in total. The van der Waals surface area contributed by atoms with Gasteiger partial charge < -0.3 is 10.1 Å². The van der Waals surface area contributed by atoms with Gasteiger partial charge in [-0.15, -0.1) is 0 Å². The van der Waals surface area contributed by atoms with Crippen molar-refractivity contribution in [3.05, 3.63) is 28.5 Å². The van der Waals surface area contributed by atoms with E-state index >= 15 is 0 Å². The van der Waals surface area contributed by atoms with Gasteiger partial charge in [0.05, 0.1) is 11.7 Å². The minimum atomic E-state index is -4.32. The van der Waals surface area contributed by atoms with Crippen LogP contribution >= 0.6 is 15.9 Å². The lowest BCUT2D eigenvalue weighted by molar-refractivity contribution is -0.188. The maximum absolute atomic E-state index is 12.2. The summed E-state index contributed by atoms with van der Waals surface area (Å²) in [6.45, 7) is -1.24. The zero-order chi connectivity index (χ0) is 16.2. The van der Waals surface area contributed by atoms with E-state index in [1.54, 1.807) is 12.3 Å². The molecule has 0 unspecified atom stereocenters. The number of amides is 1. The maximum Gasteiger partial charge on any atom is 0.411 e. The van der Waals surface area contributed by atoms with Crippen molar-refractivity contribution in [2.75, 3.05) is 6.61 Å². The number of aromatic nitrogens is 1. The molecule has 1 N–H and O–H groups in total. The molecule has 1 aliphatic rings. The Morgan fingerprint density at radius 2 is 2.18 bits per heavy atom.